The van der Waals surface area contributed by atoms with Crippen molar-refractivity contribution >= 4 is 23.4 Å². The quantitative estimate of drug-likeness (QED) is 0.570. The summed E-state index contributed by atoms with van der Waals surface area (Å²) < 4.78 is 7.65. The highest BCUT2D eigenvalue weighted by Crippen LogP contribution is 2.32. The van der Waals surface area contributed by atoms with Crippen LogP contribution in [0.25, 0.3) is 0 Å². The minimum absolute atomic E-state index is 0.0901. The number of tetrazole rings is 1. The number of hydrogen-bond donors (Lipinski definition) is 1. The van der Waals surface area contributed by atoms with Gasteiger partial charge in [-0.2, -0.15) is 0 Å². The summed E-state index contributed by atoms with van der Waals surface area (Å²) in [4.78, 5) is 12.6. The lowest BCUT2D eigenvalue weighted by molar-refractivity contribution is -0.115. The Morgan fingerprint density at radius 2 is 1.79 bits per heavy atom. The minimum Gasteiger partial charge on any atom is -0.457 e. The van der Waals surface area contributed by atoms with E-state index in [1.165, 1.54) is 24.6 Å². The van der Waals surface area contributed by atoms with Crippen LogP contribution in [0.3, 0.4) is 0 Å². The molecule has 1 heterocycles. The highest BCUT2D eigenvalue weighted by molar-refractivity contribution is 8.00. The monoisotopic (exact) mass is 409 g/mol. The molecule has 1 aliphatic carbocycles. The summed E-state index contributed by atoms with van der Waals surface area (Å²) in [5.74, 6) is 1.40. The molecule has 1 aliphatic rings. The Hall–Kier alpha value is -2.87. The summed E-state index contributed by atoms with van der Waals surface area (Å²) in [6, 6.07) is 17.3. The summed E-state index contributed by atoms with van der Waals surface area (Å²) >= 11 is 1.39. The molecule has 150 valence electrons. The van der Waals surface area contributed by atoms with E-state index in [0.717, 1.165) is 24.3 Å². The maximum absolute atomic E-state index is 12.6. The molecule has 29 heavy (non-hydrogen) atoms. The van der Waals surface area contributed by atoms with Crippen molar-refractivity contribution in [3.05, 3.63) is 54.6 Å². The van der Waals surface area contributed by atoms with Crippen molar-refractivity contribution in [3.63, 3.8) is 0 Å². The molecule has 0 aliphatic heterocycles. The Morgan fingerprint density at radius 3 is 2.52 bits per heavy atom. The molecule has 1 unspecified atom stereocenters. The third kappa shape index (κ3) is 4.95. The van der Waals surface area contributed by atoms with Crippen molar-refractivity contribution in [2.75, 3.05) is 5.32 Å². The number of amides is 1. The Kier molecular flexibility index (Phi) is 6.09. The van der Waals surface area contributed by atoms with Crippen LogP contribution in [0.15, 0.2) is 59.8 Å². The van der Waals surface area contributed by atoms with Crippen molar-refractivity contribution in [1.29, 1.82) is 0 Å². The van der Waals surface area contributed by atoms with Gasteiger partial charge in [-0.05, 0) is 66.6 Å². The number of nitrogens with zero attached hydrogens (tertiary/aromatic N) is 4. The highest BCUT2D eigenvalue weighted by Gasteiger charge is 2.24. The molecule has 7 nitrogen and oxygen atoms in total. The lowest BCUT2D eigenvalue weighted by atomic mass is 10.3. The molecule has 1 fully saturated rings. The van der Waals surface area contributed by atoms with Crippen LogP contribution in [0.4, 0.5) is 5.69 Å². The van der Waals surface area contributed by atoms with E-state index in [2.05, 4.69) is 20.8 Å². The van der Waals surface area contributed by atoms with Crippen molar-refractivity contribution in [2.24, 2.45) is 0 Å². The second kappa shape index (κ2) is 9.09. The van der Waals surface area contributed by atoms with Crippen LogP contribution in [0.1, 0.15) is 38.6 Å². The number of aromatic nitrogens is 4. The predicted octanol–water partition coefficient (Wildman–Crippen LogP) is 4.70. The van der Waals surface area contributed by atoms with E-state index in [9.17, 15) is 4.79 Å². The van der Waals surface area contributed by atoms with Crippen molar-refractivity contribution in [1.82, 2.24) is 20.2 Å². The maximum atomic E-state index is 12.6. The first-order valence-corrected chi connectivity index (χ1v) is 10.7. The Labute approximate surface area is 173 Å². The Balaban J connectivity index is 1.33. The van der Waals surface area contributed by atoms with Crippen LogP contribution < -0.4 is 10.1 Å². The zero-order valence-corrected chi connectivity index (χ0v) is 17.0. The number of ether oxygens (including phenoxy) is 1. The number of thioether (sulfide) groups is 1. The van der Waals surface area contributed by atoms with Crippen LogP contribution in [0.5, 0.6) is 11.5 Å². The molecule has 0 radical (unpaired) electrons. The fraction of sp³-hybridized carbons (Fsp3) is 0.333. The van der Waals surface area contributed by atoms with Gasteiger partial charge in [-0.3, -0.25) is 4.79 Å². The summed E-state index contributed by atoms with van der Waals surface area (Å²) in [7, 11) is 0. The third-order valence-electron chi connectivity index (χ3n) is 4.89. The minimum atomic E-state index is -0.318. The van der Waals surface area contributed by atoms with E-state index in [1.807, 2.05) is 66.2 Å². The zero-order valence-electron chi connectivity index (χ0n) is 16.2. The number of hydrogen-bond acceptors (Lipinski definition) is 6. The van der Waals surface area contributed by atoms with Crippen LogP contribution in [0.2, 0.25) is 0 Å². The molecule has 1 amide bonds. The van der Waals surface area contributed by atoms with Gasteiger partial charge < -0.3 is 10.1 Å². The second-order valence-electron chi connectivity index (χ2n) is 7.03. The smallest absolute Gasteiger partial charge is 0.237 e. The van der Waals surface area contributed by atoms with Gasteiger partial charge >= 0.3 is 0 Å². The first-order chi connectivity index (χ1) is 14.2. The zero-order chi connectivity index (χ0) is 20.1. The number of anilines is 1. The largest absolute Gasteiger partial charge is 0.457 e. The molecule has 3 aromatic rings. The Bertz CT molecular complexity index is 939. The van der Waals surface area contributed by atoms with Crippen LogP contribution >= 0.6 is 11.8 Å². The number of nitrogens with one attached hydrogen (secondary N) is 1. The van der Waals surface area contributed by atoms with E-state index >= 15 is 0 Å². The normalized spacial score (nSPS) is 15.2. The van der Waals surface area contributed by atoms with Crippen molar-refractivity contribution in [3.8, 4) is 11.5 Å². The lowest BCUT2D eigenvalue weighted by Gasteiger charge is -2.14. The lowest BCUT2D eigenvalue weighted by Crippen LogP contribution is -2.23. The second-order valence-corrected chi connectivity index (χ2v) is 8.34. The first-order valence-electron chi connectivity index (χ1n) is 9.77. The standard InChI is InChI=1S/C21H23N5O2S/c1-15(29-21-23-24-25-26(21)17-7-5-6-8-17)20(27)22-16-11-13-19(14-12-16)28-18-9-3-2-4-10-18/h2-4,9-15,17H,5-8H2,1H3,(H,22,27). The molecule has 1 aromatic heterocycles. The number of para-hydroxylation sites is 1. The van der Waals surface area contributed by atoms with Gasteiger partial charge in [0.2, 0.25) is 11.1 Å². The van der Waals surface area contributed by atoms with Gasteiger partial charge in [0, 0.05) is 5.69 Å². The Morgan fingerprint density at radius 1 is 1.10 bits per heavy atom. The van der Waals surface area contributed by atoms with E-state index < -0.39 is 0 Å². The topological polar surface area (TPSA) is 81.9 Å². The molecular weight excluding hydrogens is 386 g/mol. The number of carbonyl (C=O) groups excluding carboxylic acids is 1. The highest BCUT2D eigenvalue weighted by atomic mass is 32.2. The summed E-state index contributed by atoms with van der Waals surface area (Å²) in [5, 5.41) is 15.4. The van der Waals surface area contributed by atoms with Gasteiger partial charge in [0.15, 0.2) is 0 Å². The van der Waals surface area contributed by atoms with Gasteiger partial charge in [-0.25, -0.2) is 4.68 Å². The van der Waals surface area contributed by atoms with E-state index in [-0.39, 0.29) is 11.2 Å². The molecule has 4 rings (SSSR count). The number of carbonyl (C=O) groups is 1. The van der Waals surface area contributed by atoms with Crippen LogP contribution in [-0.4, -0.2) is 31.4 Å². The molecule has 1 N–H and O–H groups in total. The fourth-order valence-corrected chi connectivity index (χ4v) is 4.19. The van der Waals surface area contributed by atoms with E-state index in [1.54, 1.807) is 0 Å². The van der Waals surface area contributed by atoms with Crippen LogP contribution in [0, 0.1) is 0 Å². The number of benzene rings is 2. The molecular formula is C21H23N5O2S. The molecule has 0 bridgehead atoms. The molecule has 1 saturated carbocycles. The summed E-state index contributed by atoms with van der Waals surface area (Å²) in [6.45, 7) is 1.86. The van der Waals surface area contributed by atoms with E-state index in [0.29, 0.717) is 16.9 Å². The molecule has 0 spiro atoms. The third-order valence-corrected chi connectivity index (χ3v) is 5.93. The molecule has 8 heteroatoms. The molecule has 0 saturated heterocycles. The van der Waals surface area contributed by atoms with Gasteiger partial charge in [-0.15, -0.1) is 5.10 Å². The fourth-order valence-electron chi connectivity index (χ4n) is 3.33. The summed E-state index contributed by atoms with van der Waals surface area (Å²) in [5.41, 5.74) is 0.721. The first kappa shape index (κ1) is 19.4. The molecule has 2 aromatic carbocycles. The maximum Gasteiger partial charge on any atom is 0.237 e. The summed E-state index contributed by atoms with van der Waals surface area (Å²) in [6.07, 6.45) is 4.59. The van der Waals surface area contributed by atoms with Crippen LogP contribution in [-0.2, 0) is 4.79 Å². The van der Waals surface area contributed by atoms with Crippen molar-refractivity contribution < 1.29 is 9.53 Å². The van der Waals surface area contributed by atoms with Crippen molar-refractivity contribution in [2.45, 2.75) is 49.1 Å². The van der Waals surface area contributed by atoms with E-state index in [4.69, 9.17) is 4.74 Å². The number of rotatable bonds is 7. The molecule has 1 atom stereocenters. The van der Waals surface area contributed by atoms with Gasteiger partial charge in [0.05, 0.1) is 11.3 Å². The van der Waals surface area contributed by atoms with Gasteiger partial charge in [0.1, 0.15) is 11.5 Å². The average Bonchev–Trinajstić information content (AvgIpc) is 3.42. The van der Waals surface area contributed by atoms with Gasteiger partial charge in [0.25, 0.3) is 0 Å². The average molecular weight is 410 g/mol. The SMILES string of the molecule is CC(Sc1nnnn1C1CCCC1)C(=O)Nc1ccc(Oc2ccccc2)cc1. The van der Waals surface area contributed by atoms with Gasteiger partial charge in [-0.1, -0.05) is 42.8 Å². The predicted molar refractivity (Wildman–Crippen MR) is 112 cm³/mol.